The van der Waals surface area contributed by atoms with Gasteiger partial charge in [-0.15, -0.1) is 24.0 Å². The lowest BCUT2D eigenvalue weighted by Crippen LogP contribution is -2.42. The van der Waals surface area contributed by atoms with Crippen molar-refractivity contribution in [3.63, 3.8) is 0 Å². The topological polar surface area (TPSA) is 74.8 Å². The SMILES string of the molecule is CN=C(NCCNC(=O)C1CCCCC1)NCc1ccc(OC)cc1.I. The van der Waals surface area contributed by atoms with Crippen LogP contribution in [0.3, 0.4) is 0 Å². The Kier molecular flexibility index (Phi) is 11.1. The largest absolute Gasteiger partial charge is 0.497 e. The molecule has 0 spiro atoms. The van der Waals surface area contributed by atoms with E-state index in [9.17, 15) is 4.79 Å². The van der Waals surface area contributed by atoms with Gasteiger partial charge >= 0.3 is 0 Å². The summed E-state index contributed by atoms with van der Waals surface area (Å²) in [5, 5.41) is 9.50. The highest BCUT2D eigenvalue weighted by molar-refractivity contribution is 14.0. The Balaban J connectivity index is 0.00000338. The number of hydrogen-bond acceptors (Lipinski definition) is 3. The molecule has 0 bridgehead atoms. The fourth-order valence-corrected chi connectivity index (χ4v) is 3.03. The van der Waals surface area contributed by atoms with Crippen molar-refractivity contribution in [1.82, 2.24) is 16.0 Å². The van der Waals surface area contributed by atoms with Crippen molar-refractivity contribution in [3.05, 3.63) is 29.8 Å². The Bertz CT molecular complexity index is 557. The molecule has 0 aliphatic heterocycles. The van der Waals surface area contributed by atoms with E-state index in [1.54, 1.807) is 14.2 Å². The van der Waals surface area contributed by atoms with Crippen molar-refractivity contribution < 1.29 is 9.53 Å². The van der Waals surface area contributed by atoms with E-state index in [1.807, 2.05) is 24.3 Å². The van der Waals surface area contributed by atoms with Gasteiger partial charge in [0, 0.05) is 32.6 Å². The van der Waals surface area contributed by atoms with Gasteiger partial charge in [0.1, 0.15) is 5.75 Å². The Morgan fingerprint density at radius 2 is 1.73 bits per heavy atom. The summed E-state index contributed by atoms with van der Waals surface area (Å²) < 4.78 is 5.15. The Hall–Kier alpha value is -1.51. The summed E-state index contributed by atoms with van der Waals surface area (Å²) in [6.45, 7) is 1.94. The third-order valence-corrected chi connectivity index (χ3v) is 4.54. The normalized spacial score (nSPS) is 14.9. The molecule has 0 heterocycles. The lowest BCUT2D eigenvalue weighted by atomic mass is 9.89. The van der Waals surface area contributed by atoms with Crippen LogP contribution in [0, 0.1) is 5.92 Å². The van der Waals surface area contributed by atoms with Gasteiger partial charge in [0.15, 0.2) is 5.96 Å². The molecule has 1 amide bonds. The molecule has 0 radical (unpaired) electrons. The number of hydrogen-bond donors (Lipinski definition) is 3. The molecule has 2 rings (SSSR count). The molecular weight excluding hydrogens is 443 g/mol. The van der Waals surface area contributed by atoms with E-state index >= 15 is 0 Å². The molecule has 1 aromatic rings. The maximum absolute atomic E-state index is 12.1. The molecule has 1 aromatic carbocycles. The maximum atomic E-state index is 12.1. The highest BCUT2D eigenvalue weighted by Gasteiger charge is 2.20. The summed E-state index contributed by atoms with van der Waals surface area (Å²) in [4.78, 5) is 16.3. The second-order valence-electron chi connectivity index (χ2n) is 6.33. The van der Waals surface area contributed by atoms with Crippen LogP contribution in [0.15, 0.2) is 29.3 Å². The number of nitrogens with one attached hydrogen (secondary N) is 3. The summed E-state index contributed by atoms with van der Waals surface area (Å²) in [6, 6.07) is 7.91. The standard InChI is InChI=1S/C19H30N4O2.HI/c1-20-19(23-14-15-8-10-17(25-2)11-9-15)22-13-12-21-18(24)16-6-4-3-5-7-16;/h8-11,16H,3-7,12-14H2,1-2H3,(H,21,24)(H2,20,22,23);1H. The van der Waals surface area contributed by atoms with Crippen LogP contribution in [0.25, 0.3) is 0 Å². The highest BCUT2D eigenvalue weighted by Crippen LogP contribution is 2.23. The molecule has 3 N–H and O–H groups in total. The number of methoxy groups -OCH3 is 1. The van der Waals surface area contributed by atoms with Gasteiger partial charge in [-0.2, -0.15) is 0 Å². The molecule has 0 atom stereocenters. The molecule has 26 heavy (non-hydrogen) atoms. The van der Waals surface area contributed by atoms with Crippen LogP contribution in [0.2, 0.25) is 0 Å². The number of aliphatic imine (C=N–C) groups is 1. The van der Waals surface area contributed by atoms with Crippen LogP contribution in [0.1, 0.15) is 37.7 Å². The minimum Gasteiger partial charge on any atom is -0.497 e. The number of carbonyl (C=O) groups is 1. The molecule has 7 heteroatoms. The monoisotopic (exact) mass is 474 g/mol. The van der Waals surface area contributed by atoms with E-state index in [1.165, 1.54) is 19.3 Å². The van der Waals surface area contributed by atoms with Crippen molar-refractivity contribution >= 4 is 35.8 Å². The van der Waals surface area contributed by atoms with Gasteiger partial charge in [0.05, 0.1) is 7.11 Å². The van der Waals surface area contributed by atoms with E-state index in [4.69, 9.17) is 4.74 Å². The quantitative estimate of drug-likeness (QED) is 0.246. The van der Waals surface area contributed by atoms with Crippen molar-refractivity contribution in [1.29, 1.82) is 0 Å². The van der Waals surface area contributed by atoms with Crippen molar-refractivity contribution in [2.75, 3.05) is 27.2 Å². The number of ether oxygens (including phenoxy) is 1. The fraction of sp³-hybridized carbons (Fsp3) is 0.579. The minimum absolute atomic E-state index is 0. The van der Waals surface area contributed by atoms with E-state index in [-0.39, 0.29) is 35.8 Å². The smallest absolute Gasteiger partial charge is 0.223 e. The third-order valence-electron chi connectivity index (χ3n) is 4.54. The first-order valence-electron chi connectivity index (χ1n) is 9.08. The van der Waals surface area contributed by atoms with Gasteiger partial charge in [-0.3, -0.25) is 9.79 Å². The molecule has 146 valence electrons. The van der Waals surface area contributed by atoms with Gasteiger partial charge < -0.3 is 20.7 Å². The number of benzene rings is 1. The lowest BCUT2D eigenvalue weighted by Gasteiger charge is -2.21. The molecular formula is C19H31IN4O2. The van der Waals surface area contributed by atoms with Gasteiger partial charge in [-0.1, -0.05) is 31.4 Å². The lowest BCUT2D eigenvalue weighted by molar-refractivity contribution is -0.125. The predicted molar refractivity (Wildman–Crippen MR) is 116 cm³/mol. The number of guanidine groups is 1. The first kappa shape index (κ1) is 22.5. The fourth-order valence-electron chi connectivity index (χ4n) is 3.03. The molecule has 1 saturated carbocycles. The van der Waals surface area contributed by atoms with Gasteiger partial charge in [-0.25, -0.2) is 0 Å². The van der Waals surface area contributed by atoms with Gasteiger partial charge in [0.25, 0.3) is 0 Å². The molecule has 1 fully saturated rings. The van der Waals surface area contributed by atoms with Crippen LogP contribution in [0.4, 0.5) is 0 Å². The minimum atomic E-state index is 0. The Morgan fingerprint density at radius 3 is 2.35 bits per heavy atom. The second-order valence-corrected chi connectivity index (χ2v) is 6.33. The number of halogens is 1. The highest BCUT2D eigenvalue weighted by atomic mass is 127. The average molecular weight is 474 g/mol. The van der Waals surface area contributed by atoms with Gasteiger partial charge in [-0.05, 0) is 30.5 Å². The third kappa shape index (κ3) is 7.80. The Labute approximate surface area is 173 Å². The predicted octanol–water partition coefficient (Wildman–Crippen LogP) is 2.67. The summed E-state index contributed by atoms with van der Waals surface area (Å²) in [6.07, 6.45) is 5.69. The zero-order valence-corrected chi connectivity index (χ0v) is 18.0. The number of rotatable bonds is 7. The van der Waals surface area contributed by atoms with E-state index in [2.05, 4.69) is 20.9 Å². The van der Waals surface area contributed by atoms with Crippen LogP contribution in [0.5, 0.6) is 5.75 Å². The number of carbonyl (C=O) groups excluding carboxylic acids is 1. The van der Waals surface area contributed by atoms with E-state index in [0.29, 0.717) is 19.6 Å². The summed E-state index contributed by atoms with van der Waals surface area (Å²) in [5.41, 5.74) is 1.15. The maximum Gasteiger partial charge on any atom is 0.223 e. The van der Waals surface area contributed by atoms with Crippen LogP contribution in [-0.4, -0.2) is 39.1 Å². The Morgan fingerprint density at radius 1 is 1.08 bits per heavy atom. The van der Waals surface area contributed by atoms with Crippen LogP contribution < -0.4 is 20.7 Å². The first-order chi connectivity index (χ1) is 12.2. The van der Waals surface area contributed by atoms with Gasteiger partial charge in [0.2, 0.25) is 5.91 Å². The molecule has 0 unspecified atom stereocenters. The zero-order valence-electron chi connectivity index (χ0n) is 15.7. The molecule has 6 nitrogen and oxygen atoms in total. The van der Waals surface area contributed by atoms with Crippen molar-refractivity contribution in [3.8, 4) is 5.75 Å². The van der Waals surface area contributed by atoms with Crippen LogP contribution >= 0.6 is 24.0 Å². The molecule has 0 saturated heterocycles. The first-order valence-corrected chi connectivity index (χ1v) is 9.08. The summed E-state index contributed by atoms with van der Waals surface area (Å²) >= 11 is 0. The molecule has 0 aromatic heterocycles. The zero-order chi connectivity index (χ0) is 17.9. The molecule has 1 aliphatic rings. The average Bonchev–Trinajstić information content (AvgIpc) is 2.68. The molecule has 1 aliphatic carbocycles. The van der Waals surface area contributed by atoms with E-state index < -0.39 is 0 Å². The summed E-state index contributed by atoms with van der Waals surface area (Å²) in [5.74, 6) is 1.98. The van der Waals surface area contributed by atoms with Crippen LogP contribution in [-0.2, 0) is 11.3 Å². The van der Waals surface area contributed by atoms with E-state index in [0.717, 1.165) is 30.1 Å². The number of nitrogens with zero attached hydrogens (tertiary/aromatic N) is 1. The van der Waals surface area contributed by atoms with Crippen molar-refractivity contribution in [2.45, 2.75) is 38.6 Å². The summed E-state index contributed by atoms with van der Waals surface area (Å²) in [7, 11) is 3.40. The second kappa shape index (κ2) is 12.8. The number of amides is 1. The van der Waals surface area contributed by atoms with Crippen molar-refractivity contribution in [2.24, 2.45) is 10.9 Å².